The van der Waals surface area contributed by atoms with E-state index in [-0.39, 0.29) is 0 Å². The Hall–Kier alpha value is 0.620. The van der Waals surface area contributed by atoms with E-state index in [0.29, 0.717) is 6.10 Å². The van der Waals surface area contributed by atoms with Gasteiger partial charge in [0.05, 0.1) is 12.7 Å². The average molecular weight is 259 g/mol. The molecule has 92 valence electrons. The van der Waals surface area contributed by atoms with Crippen molar-refractivity contribution in [2.45, 2.75) is 25.0 Å². The Kier molecular flexibility index (Phi) is 4.03. The maximum Gasteiger partial charge on any atom is 0.0730 e. The molecule has 0 aromatic carbocycles. The van der Waals surface area contributed by atoms with Gasteiger partial charge in [0.1, 0.15) is 0 Å². The van der Waals surface area contributed by atoms with Gasteiger partial charge in [-0.1, -0.05) is 0 Å². The van der Waals surface area contributed by atoms with Gasteiger partial charge >= 0.3 is 0 Å². The van der Waals surface area contributed by atoms with Crippen LogP contribution in [-0.4, -0.2) is 59.8 Å². The standard InChI is InChI=1S/C12H21NOS2/c1-2-10(1)12-7-13(3-4-14-12)11-8-15-5-6-16-9-11/h10-12H,1-9H2. The zero-order chi connectivity index (χ0) is 10.8. The third kappa shape index (κ3) is 2.89. The van der Waals surface area contributed by atoms with Crippen molar-refractivity contribution in [1.29, 1.82) is 0 Å². The summed E-state index contributed by atoms with van der Waals surface area (Å²) >= 11 is 4.28. The fourth-order valence-electron chi connectivity index (χ4n) is 2.60. The van der Waals surface area contributed by atoms with Crippen LogP contribution >= 0.6 is 23.5 Å². The average Bonchev–Trinajstić information content (AvgIpc) is 3.17. The van der Waals surface area contributed by atoms with E-state index in [1.807, 2.05) is 0 Å². The highest BCUT2D eigenvalue weighted by molar-refractivity contribution is 8.03. The first-order valence-electron chi connectivity index (χ1n) is 6.44. The molecular weight excluding hydrogens is 238 g/mol. The van der Waals surface area contributed by atoms with Gasteiger partial charge in [-0.2, -0.15) is 23.5 Å². The highest BCUT2D eigenvalue weighted by Crippen LogP contribution is 2.36. The number of rotatable bonds is 2. The molecule has 1 aliphatic carbocycles. The largest absolute Gasteiger partial charge is 0.375 e. The monoisotopic (exact) mass is 259 g/mol. The molecule has 0 N–H and O–H groups in total. The van der Waals surface area contributed by atoms with E-state index in [1.165, 1.54) is 42.4 Å². The summed E-state index contributed by atoms with van der Waals surface area (Å²) in [5.41, 5.74) is 0. The number of thioether (sulfide) groups is 2. The topological polar surface area (TPSA) is 12.5 Å². The summed E-state index contributed by atoms with van der Waals surface area (Å²) < 4.78 is 5.90. The van der Waals surface area contributed by atoms with Gasteiger partial charge < -0.3 is 4.74 Å². The Morgan fingerprint density at radius 3 is 2.50 bits per heavy atom. The summed E-state index contributed by atoms with van der Waals surface area (Å²) in [7, 11) is 0. The number of hydrogen-bond acceptors (Lipinski definition) is 4. The fourth-order valence-corrected chi connectivity index (χ4v) is 5.22. The predicted molar refractivity (Wildman–Crippen MR) is 72.5 cm³/mol. The molecule has 2 saturated heterocycles. The van der Waals surface area contributed by atoms with Gasteiger partial charge in [-0.15, -0.1) is 0 Å². The summed E-state index contributed by atoms with van der Waals surface area (Å²) in [5, 5.41) is 0. The molecule has 2 heterocycles. The van der Waals surface area contributed by atoms with Crippen molar-refractivity contribution in [3.63, 3.8) is 0 Å². The van der Waals surface area contributed by atoms with E-state index < -0.39 is 0 Å². The molecular formula is C12H21NOS2. The van der Waals surface area contributed by atoms with Crippen LogP contribution in [-0.2, 0) is 4.74 Å². The zero-order valence-electron chi connectivity index (χ0n) is 9.77. The molecule has 16 heavy (non-hydrogen) atoms. The summed E-state index contributed by atoms with van der Waals surface area (Å²) in [6.07, 6.45) is 3.38. The van der Waals surface area contributed by atoms with Gasteiger partial charge in [0.2, 0.25) is 0 Å². The van der Waals surface area contributed by atoms with Crippen molar-refractivity contribution in [1.82, 2.24) is 4.90 Å². The highest BCUT2D eigenvalue weighted by Gasteiger charge is 2.36. The second kappa shape index (κ2) is 5.51. The highest BCUT2D eigenvalue weighted by atomic mass is 32.2. The lowest BCUT2D eigenvalue weighted by Crippen LogP contribution is -2.50. The molecule has 1 saturated carbocycles. The number of hydrogen-bond donors (Lipinski definition) is 0. The third-order valence-corrected chi connectivity index (χ3v) is 6.27. The summed E-state index contributed by atoms with van der Waals surface area (Å²) in [5.74, 6) is 6.26. The Balaban J connectivity index is 1.55. The van der Waals surface area contributed by atoms with Gasteiger partial charge in [-0.3, -0.25) is 4.90 Å². The van der Waals surface area contributed by atoms with Gasteiger partial charge in [-0.05, 0) is 18.8 Å². The third-order valence-electron chi connectivity index (χ3n) is 3.78. The lowest BCUT2D eigenvalue weighted by atomic mass is 10.1. The van der Waals surface area contributed by atoms with E-state index in [2.05, 4.69) is 28.4 Å². The van der Waals surface area contributed by atoms with Crippen LogP contribution in [0.15, 0.2) is 0 Å². The maximum absolute atomic E-state index is 5.90. The zero-order valence-corrected chi connectivity index (χ0v) is 11.4. The molecule has 0 bridgehead atoms. The van der Waals surface area contributed by atoms with Crippen molar-refractivity contribution in [3.05, 3.63) is 0 Å². The number of nitrogens with zero attached hydrogens (tertiary/aromatic N) is 1. The Bertz CT molecular complexity index is 227. The molecule has 3 rings (SSSR count). The van der Waals surface area contributed by atoms with E-state index in [4.69, 9.17) is 4.74 Å². The van der Waals surface area contributed by atoms with Crippen molar-refractivity contribution in [3.8, 4) is 0 Å². The van der Waals surface area contributed by atoms with Crippen LogP contribution in [0.4, 0.5) is 0 Å². The predicted octanol–water partition coefficient (Wildman–Crippen LogP) is 1.95. The Morgan fingerprint density at radius 2 is 1.81 bits per heavy atom. The molecule has 1 atom stereocenters. The molecule has 0 spiro atoms. The molecule has 3 fully saturated rings. The summed E-state index contributed by atoms with van der Waals surface area (Å²) in [6.45, 7) is 3.33. The second-order valence-corrected chi connectivity index (χ2v) is 7.34. The minimum Gasteiger partial charge on any atom is -0.375 e. The normalized spacial score (nSPS) is 34.9. The number of ether oxygens (including phenoxy) is 1. The van der Waals surface area contributed by atoms with Crippen LogP contribution < -0.4 is 0 Å². The SMILES string of the molecule is C1CN(C2CSCCSC2)CC(C2CC2)O1. The second-order valence-electron chi connectivity index (χ2n) is 5.05. The first-order chi connectivity index (χ1) is 7.93. The molecule has 0 aromatic heterocycles. The molecule has 2 nitrogen and oxygen atoms in total. The molecule has 4 heteroatoms. The van der Waals surface area contributed by atoms with Gasteiger partial charge in [0.25, 0.3) is 0 Å². The quantitative estimate of drug-likeness (QED) is 0.751. The van der Waals surface area contributed by atoms with Crippen molar-refractivity contribution in [2.75, 3.05) is 42.7 Å². The van der Waals surface area contributed by atoms with E-state index >= 15 is 0 Å². The molecule has 3 aliphatic rings. The van der Waals surface area contributed by atoms with Crippen LogP contribution in [0.25, 0.3) is 0 Å². The van der Waals surface area contributed by atoms with Gasteiger partial charge in [0.15, 0.2) is 0 Å². The first kappa shape index (κ1) is 11.7. The van der Waals surface area contributed by atoms with Crippen LogP contribution in [0.5, 0.6) is 0 Å². The minimum absolute atomic E-state index is 0.562. The van der Waals surface area contributed by atoms with Crippen molar-refractivity contribution >= 4 is 23.5 Å². The first-order valence-corrected chi connectivity index (χ1v) is 8.75. The summed E-state index contributed by atoms with van der Waals surface area (Å²) in [4.78, 5) is 2.71. The molecule has 0 radical (unpaired) electrons. The minimum atomic E-state index is 0.562. The molecule has 2 aliphatic heterocycles. The lowest BCUT2D eigenvalue weighted by molar-refractivity contribution is -0.0474. The van der Waals surface area contributed by atoms with E-state index in [1.54, 1.807) is 0 Å². The Morgan fingerprint density at radius 1 is 1.06 bits per heavy atom. The van der Waals surface area contributed by atoms with E-state index in [0.717, 1.165) is 25.1 Å². The fraction of sp³-hybridized carbons (Fsp3) is 1.00. The van der Waals surface area contributed by atoms with Crippen LogP contribution in [0.2, 0.25) is 0 Å². The molecule has 0 amide bonds. The van der Waals surface area contributed by atoms with Crippen molar-refractivity contribution < 1.29 is 4.74 Å². The van der Waals surface area contributed by atoms with Crippen LogP contribution in [0, 0.1) is 5.92 Å². The van der Waals surface area contributed by atoms with Crippen molar-refractivity contribution in [2.24, 2.45) is 5.92 Å². The number of morpholine rings is 1. The summed E-state index contributed by atoms with van der Waals surface area (Å²) in [6, 6.07) is 0.808. The smallest absolute Gasteiger partial charge is 0.0730 e. The van der Waals surface area contributed by atoms with Gasteiger partial charge in [0, 0.05) is 42.1 Å². The molecule has 1 unspecified atom stereocenters. The maximum atomic E-state index is 5.90. The van der Waals surface area contributed by atoms with Gasteiger partial charge in [-0.25, -0.2) is 0 Å². The Labute approximate surface area is 107 Å². The van der Waals surface area contributed by atoms with E-state index in [9.17, 15) is 0 Å². The van der Waals surface area contributed by atoms with Crippen LogP contribution in [0.1, 0.15) is 12.8 Å². The molecule has 0 aromatic rings. The lowest BCUT2D eigenvalue weighted by Gasteiger charge is -2.37. The van der Waals surface area contributed by atoms with Crippen LogP contribution in [0.3, 0.4) is 0 Å².